The topological polar surface area (TPSA) is 71.8 Å². The Hall–Kier alpha value is -1.11. The Labute approximate surface area is 88.8 Å². The van der Waals surface area contributed by atoms with Gasteiger partial charge in [0.25, 0.3) is 0 Å². The van der Waals surface area contributed by atoms with Crippen molar-refractivity contribution in [2.75, 3.05) is 20.3 Å². The van der Waals surface area contributed by atoms with E-state index in [-0.39, 0.29) is 0 Å². The number of ether oxygens (including phenoxy) is 2. The molecule has 5 nitrogen and oxygen atoms in total. The van der Waals surface area contributed by atoms with Crippen molar-refractivity contribution < 1.29 is 19.5 Å². The molecule has 6 heteroatoms. The molecule has 0 spiro atoms. The van der Waals surface area contributed by atoms with Gasteiger partial charge in [0.15, 0.2) is 0 Å². The minimum Gasteiger partial charge on any atom is -0.475 e. The van der Waals surface area contributed by atoms with Crippen LogP contribution in [-0.4, -0.2) is 42.5 Å². The Bertz CT molecular complexity index is 319. The van der Waals surface area contributed by atoms with E-state index in [9.17, 15) is 0 Å². The summed E-state index contributed by atoms with van der Waals surface area (Å²) in [6, 6.07) is 1.62. The van der Waals surface area contributed by atoms with Crippen LogP contribution in [0, 0.1) is 6.92 Å². The number of methoxy groups -OCH3 is 1. The Balaban J connectivity index is 2.66. The first kappa shape index (κ1) is 12.0. The van der Waals surface area contributed by atoms with Gasteiger partial charge in [0.05, 0.1) is 6.61 Å². The first-order valence-electron chi connectivity index (χ1n) is 4.59. The van der Waals surface area contributed by atoms with Crippen LogP contribution in [0.25, 0.3) is 0 Å². The fraction of sp³-hybridized carbons (Fsp3) is 0.444. The molecule has 0 atom stereocenters. The van der Waals surface area contributed by atoms with Crippen LogP contribution in [0.15, 0.2) is 12.3 Å². The summed E-state index contributed by atoms with van der Waals surface area (Å²) in [7, 11) is 0.0960. The number of rotatable bonds is 5. The second-order valence-electron chi connectivity index (χ2n) is 3.11. The minimum absolute atomic E-state index is 0.353. The molecule has 2 N–H and O–H groups in total. The molecular formula is C9H14BNO4. The fourth-order valence-electron chi connectivity index (χ4n) is 1.10. The summed E-state index contributed by atoms with van der Waals surface area (Å²) in [4.78, 5) is 3.97. The summed E-state index contributed by atoms with van der Waals surface area (Å²) in [6.07, 6.45) is 1.37. The van der Waals surface area contributed by atoms with Crippen LogP contribution in [-0.2, 0) is 4.74 Å². The SMILES string of the molecule is COCCOc1ncc(B(O)O)cc1C. The number of aromatic nitrogens is 1. The van der Waals surface area contributed by atoms with E-state index in [0.29, 0.717) is 24.6 Å². The highest BCUT2D eigenvalue weighted by Crippen LogP contribution is 2.11. The molecule has 0 bridgehead atoms. The van der Waals surface area contributed by atoms with Gasteiger partial charge in [-0.15, -0.1) is 0 Å². The quantitative estimate of drug-likeness (QED) is 0.487. The van der Waals surface area contributed by atoms with Crippen LogP contribution in [0.5, 0.6) is 5.88 Å². The van der Waals surface area contributed by atoms with Crippen molar-refractivity contribution in [3.05, 3.63) is 17.8 Å². The van der Waals surface area contributed by atoms with E-state index >= 15 is 0 Å². The van der Waals surface area contributed by atoms with Gasteiger partial charge in [-0.2, -0.15) is 0 Å². The van der Waals surface area contributed by atoms with Gasteiger partial charge in [0.2, 0.25) is 5.88 Å². The molecule has 1 heterocycles. The lowest BCUT2D eigenvalue weighted by Crippen LogP contribution is -2.30. The summed E-state index contributed by atoms with van der Waals surface area (Å²) in [6.45, 7) is 2.71. The molecule has 0 aromatic carbocycles. The van der Waals surface area contributed by atoms with Crippen molar-refractivity contribution in [2.45, 2.75) is 6.92 Å². The van der Waals surface area contributed by atoms with Gasteiger partial charge in [0, 0.05) is 24.3 Å². The van der Waals surface area contributed by atoms with Crippen molar-refractivity contribution in [1.82, 2.24) is 4.98 Å². The molecule has 1 rings (SSSR count). The second kappa shape index (κ2) is 5.70. The normalized spacial score (nSPS) is 10.1. The van der Waals surface area contributed by atoms with Crippen LogP contribution < -0.4 is 10.2 Å². The average Bonchev–Trinajstić information content (AvgIpc) is 2.20. The molecule has 0 aliphatic heterocycles. The maximum absolute atomic E-state index is 8.91. The van der Waals surface area contributed by atoms with Gasteiger partial charge in [-0.3, -0.25) is 0 Å². The van der Waals surface area contributed by atoms with Gasteiger partial charge in [-0.25, -0.2) is 4.98 Å². The number of nitrogens with zero attached hydrogens (tertiary/aromatic N) is 1. The van der Waals surface area contributed by atoms with E-state index in [1.54, 1.807) is 20.1 Å². The molecule has 0 fully saturated rings. The minimum atomic E-state index is -1.50. The van der Waals surface area contributed by atoms with Crippen LogP contribution >= 0.6 is 0 Å². The Morgan fingerprint density at radius 3 is 2.67 bits per heavy atom. The summed E-state index contributed by atoms with van der Waals surface area (Å²) >= 11 is 0. The predicted octanol–water partition coefficient (Wildman–Crippen LogP) is -0.905. The fourth-order valence-corrected chi connectivity index (χ4v) is 1.10. The van der Waals surface area contributed by atoms with Crippen molar-refractivity contribution in [3.8, 4) is 5.88 Å². The smallest absolute Gasteiger partial charge is 0.475 e. The number of pyridine rings is 1. The summed E-state index contributed by atoms with van der Waals surface area (Å²) in [5, 5.41) is 17.8. The third kappa shape index (κ3) is 3.51. The Morgan fingerprint density at radius 2 is 2.13 bits per heavy atom. The predicted molar refractivity (Wildman–Crippen MR) is 56.2 cm³/mol. The maximum Gasteiger partial charge on any atom is 0.490 e. The maximum atomic E-state index is 8.91. The van der Waals surface area contributed by atoms with Crippen LogP contribution in [0.4, 0.5) is 0 Å². The molecular weight excluding hydrogens is 197 g/mol. The van der Waals surface area contributed by atoms with Crippen molar-refractivity contribution >= 4 is 12.6 Å². The largest absolute Gasteiger partial charge is 0.490 e. The standard InChI is InChI=1S/C9H14BNO4/c1-7-5-8(10(12)13)6-11-9(7)15-4-3-14-2/h5-6,12-13H,3-4H2,1-2H3. The van der Waals surface area contributed by atoms with E-state index < -0.39 is 7.12 Å². The molecule has 82 valence electrons. The Morgan fingerprint density at radius 1 is 1.40 bits per heavy atom. The van der Waals surface area contributed by atoms with Gasteiger partial charge < -0.3 is 19.5 Å². The lowest BCUT2D eigenvalue weighted by Gasteiger charge is -2.08. The molecule has 0 aliphatic carbocycles. The van der Waals surface area contributed by atoms with Crippen LogP contribution in [0.3, 0.4) is 0 Å². The monoisotopic (exact) mass is 211 g/mol. The zero-order chi connectivity index (χ0) is 11.3. The van der Waals surface area contributed by atoms with Crippen molar-refractivity contribution in [1.29, 1.82) is 0 Å². The summed E-state index contributed by atoms with van der Waals surface area (Å²) < 4.78 is 10.1. The van der Waals surface area contributed by atoms with Crippen LogP contribution in [0.2, 0.25) is 0 Å². The molecule has 0 aliphatic rings. The molecule has 0 saturated heterocycles. The van der Waals surface area contributed by atoms with Crippen molar-refractivity contribution in [2.24, 2.45) is 0 Å². The molecule has 1 aromatic rings. The van der Waals surface area contributed by atoms with E-state index in [4.69, 9.17) is 19.5 Å². The number of hydrogen-bond donors (Lipinski definition) is 2. The average molecular weight is 211 g/mol. The highest BCUT2D eigenvalue weighted by Gasteiger charge is 2.13. The number of hydrogen-bond acceptors (Lipinski definition) is 5. The summed E-state index contributed by atoms with van der Waals surface area (Å²) in [5.41, 5.74) is 1.11. The zero-order valence-electron chi connectivity index (χ0n) is 8.80. The third-order valence-corrected chi connectivity index (χ3v) is 1.88. The molecule has 0 unspecified atom stereocenters. The highest BCUT2D eigenvalue weighted by atomic mass is 16.5. The zero-order valence-corrected chi connectivity index (χ0v) is 8.80. The van der Waals surface area contributed by atoms with E-state index in [1.165, 1.54) is 6.20 Å². The first-order chi connectivity index (χ1) is 7.15. The van der Waals surface area contributed by atoms with Crippen LogP contribution in [0.1, 0.15) is 5.56 Å². The molecule has 15 heavy (non-hydrogen) atoms. The van der Waals surface area contributed by atoms with Gasteiger partial charge in [-0.1, -0.05) is 6.07 Å². The van der Waals surface area contributed by atoms with Gasteiger partial charge in [0.1, 0.15) is 6.61 Å². The second-order valence-corrected chi connectivity index (χ2v) is 3.11. The lowest BCUT2D eigenvalue weighted by atomic mass is 9.81. The lowest BCUT2D eigenvalue weighted by molar-refractivity contribution is 0.143. The highest BCUT2D eigenvalue weighted by molar-refractivity contribution is 6.58. The first-order valence-corrected chi connectivity index (χ1v) is 4.59. The molecule has 1 aromatic heterocycles. The summed E-state index contributed by atoms with van der Waals surface area (Å²) in [5.74, 6) is 0.483. The van der Waals surface area contributed by atoms with E-state index in [0.717, 1.165) is 5.56 Å². The van der Waals surface area contributed by atoms with Crippen molar-refractivity contribution in [3.63, 3.8) is 0 Å². The molecule has 0 radical (unpaired) electrons. The number of aryl methyl sites for hydroxylation is 1. The molecule has 0 amide bonds. The Kier molecular flexibility index (Phi) is 4.55. The molecule has 0 saturated carbocycles. The van der Waals surface area contributed by atoms with E-state index in [1.807, 2.05) is 0 Å². The van der Waals surface area contributed by atoms with Gasteiger partial charge in [-0.05, 0) is 6.92 Å². The van der Waals surface area contributed by atoms with E-state index in [2.05, 4.69) is 4.98 Å². The van der Waals surface area contributed by atoms with Gasteiger partial charge >= 0.3 is 7.12 Å². The third-order valence-electron chi connectivity index (χ3n) is 1.88.